The summed E-state index contributed by atoms with van der Waals surface area (Å²) in [5.74, 6) is 0.0242. The van der Waals surface area contributed by atoms with E-state index in [0.29, 0.717) is 19.2 Å². The molecule has 2 saturated heterocycles. The maximum Gasteiger partial charge on any atom is 0.250 e. The topological polar surface area (TPSA) is 53.6 Å². The number of likely N-dealkylation sites (N-methyl/N-ethyl adjacent to an activating group) is 1. The fourth-order valence-corrected chi connectivity index (χ4v) is 2.47. The van der Waals surface area contributed by atoms with Crippen molar-refractivity contribution in [1.29, 1.82) is 0 Å². The highest BCUT2D eigenvalue weighted by atomic mass is 16.5. The number of morpholine rings is 1. The number of carbonyl (C=O) groups excluding carboxylic acids is 1. The number of nitrogens with one attached hydrogen (secondary N) is 2. The Bertz CT molecular complexity index is 254. The van der Waals surface area contributed by atoms with E-state index in [4.69, 9.17) is 4.74 Å². The van der Waals surface area contributed by atoms with Gasteiger partial charge in [0.25, 0.3) is 5.91 Å². The molecule has 2 N–H and O–H groups in total. The number of amides is 1. The first kappa shape index (κ1) is 12.8. The summed E-state index contributed by atoms with van der Waals surface area (Å²) in [7, 11) is 2.13. The van der Waals surface area contributed by atoms with Gasteiger partial charge in [-0.3, -0.25) is 4.79 Å². The van der Waals surface area contributed by atoms with Gasteiger partial charge in [-0.1, -0.05) is 6.42 Å². The van der Waals surface area contributed by atoms with Gasteiger partial charge in [-0.25, -0.2) is 0 Å². The minimum atomic E-state index is -0.308. The molecule has 0 bridgehead atoms. The van der Waals surface area contributed by atoms with Crippen LogP contribution in [0.5, 0.6) is 0 Å². The average molecular weight is 241 g/mol. The van der Waals surface area contributed by atoms with Crippen molar-refractivity contribution < 1.29 is 9.53 Å². The zero-order valence-corrected chi connectivity index (χ0v) is 10.6. The van der Waals surface area contributed by atoms with Gasteiger partial charge in [0.2, 0.25) is 0 Å². The molecule has 0 aliphatic carbocycles. The first-order valence-electron chi connectivity index (χ1n) is 6.57. The van der Waals surface area contributed by atoms with Crippen LogP contribution in [0, 0.1) is 0 Å². The lowest BCUT2D eigenvalue weighted by Crippen LogP contribution is -2.51. The number of piperidine rings is 1. The normalized spacial score (nSPS) is 31.1. The molecule has 2 aliphatic heterocycles. The van der Waals surface area contributed by atoms with E-state index in [1.807, 2.05) is 0 Å². The predicted molar refractivity (Wildman–Crippen MR) is 65.9 cm³/mol. The second kappa shape index (κ2) is 6.33. The quantitative estimate of drug-likeness (QED) is 0.704. The van der Waals surface area contributed by atoms with Gasteiger partial charge < -0.3 is 20.3 Å². The van der Waals surface area contributed by atoms with E-state index in [9.17, 15) is 4.79 Å². The van der Waals surface area contributed by atoms with E-state index in [1.165, 1.54) is 19.3 Å². The van der Waals surface area contributed by atoms with Crippen LogP contribution in [0.4, 0.5) is 0 Å². The maximum absolute atomic E-state index is 11.9. The number of ether oxygens (including phenoxy) is 1. The molecule has 0 spiro atoms. The average Bonchev–Trinajstić information content (AvgIpc) is 2.38. The molecule has 2 rings (SSSR count). The first-order valence-corrected chi connectivity index (χ1v) is 6.57. The third-order valence-corrected chi connectivity index (χ3v) is 3.65. The Hall–Kier alpha value is -0.650. The van der Waals surface area contributed by atoms with Gasteiger partial charge in [0.05, 0.1) is 6.61 Å². The monoisotopic (exact) mass is 241 g/mol. The highest BCUT2D eigenvalue weighted by molar-refractivity contribution is 5.81. The molecule has 0 aromatic heterocycles. The minimum Gasteiger partial charge on any atom is -0.366 e. The Labute approximate surface area is 103 Å². The fourth-order valence-electron chi connectivity index (χ4n) is 2.47. The smallest absolute Gasteiger partial charge is 0.250 e. The van der Waals surface area contributed by atoms with Gasteiger partial charge in [0.1, 0.15) is 6.10 Å². The van der Waals surface area contributed by atoms with Crippen LogP contribution in [0.25, 0.3) is 0 Å². The molecule has 1 amide bonds. The van der Waals surface area contributed by atoms with Gasteiger partial charge in [0, 0.05) is 25.7 Å². The molecular formula is C12H23N3O2. The van der Waals surface area contributed by atoms with E-state index in [2.05, 4.69) is 22.6 Å². The lowest BCUT2D eigenvalue weighted by atomic mass is 10.0. The zero-order chi connectivity index (χ0) is 12.1. The van der Waals surface area contributed by atoms with Gasteiger partial charge in [-0.15, -0.1) is 0 Å². The number of rotatable bonds is 3. The van der Waals surface area contributed by atoms with E-state index < -0.39 is 0 Å². The summed E-state index contributed by atoms with van der Waals surface area (Å²) in [5, 5.41) is 6.17. The summed E-state index contributed by atoms with van der Waals surface area (Å²) >= 11 is 0. The number of likely N-dealkylation sites (tertiary alicyclic amines) is 1. The molecule has 5 nitrogen and oxygen atoms in total. The fraction of sp³-hybridized carbons (Fsp3) is 0.917. The second-order valence-corrected chi connectivity index (χ2v) is 4.94. The van der Waals surface area contributed by atoms with Crippen molar-refractivity contribution in [2.75, 3.05) is 39.8 Å². The lowest BCUT2D eigenvalue weighted by Gasteiger charge is -2.33. The molecule has 0 aromatic rings. The van der Waals surface area contributed by atoms with Crippen molar-refractivity contribution in [2.45, 2.75) is 31.4 Å². The Morgan fingerprint density at radius 3 is 3.12 bits per heavy atom. The second-order valence-electron chi connectivity index (χ2n) is 4.94. The number of nitrogens with zero attached hydrogens (tertiary/aromatic N) is 1. The molecule has 0 radical (unpaired) electrons. The molecular weight excluding hydrogens is 218 g/mol. The highest BCUT2D eigenvalue weighted by Gasteiger charge is 2.24. The third kappa shape index (κ3) is 3.66. The van der Waals surface area contributed by atoms with Crippen molar-refractivity contribution in [3.63, 3.8) is 0 Å². The van der Waals surface area contributed by atoms with E-state index in [-0.39, 0.29) is 12.0 Å². The van der Waals surface area contributed by atoms with Crippen LogP contribution in [0.3, 0.4) is 0 Å². The van der Waals surface area contributed by atoms with Crippen LogP contribution in [-0.2, 0) is 9.53 Å². The standard InChI is InChI=1S/C12H23N3O2/c1-15-6-3-2-4-10(15)8-14-12(16)11-9-13-5-7-17-11/h10-11,13H,2-9H2,1H3,(H,14,16). The highest BCUT2D eigenvalue weighted by Crippen LogP contribution is 2.14. The van der Waals surface area contributed by atoms with Crippen LogP contribution < -0.4 is 10.6 Å². The largest absolute Gasteiger partial charge is 0.366 e. The van der Waals surface area contributed by atoms with Crippen molar-refractivity contribution in [1.82, 2.24) is 15.5 Å². The molecule has 0 saturated carbocycles. The molecule has 98 valence electrons. The SMILES string of the molecule is CN1CCCCC1CNC(=O)C1CNCCO1. The summed E-state index contributed by atoms with van der Waals surface area (Å²) < 4.78 is 5.42. The van der Waals surface area contributed by atoms with Crippen LogP contribution in [0.15, 0.2) is 0 Å². The molecule has 2 aliphatic rings. The summed E-state index contributed by atoms with van der Waals surface area (Å²) in [4.78, 5) is 14.2. The molecule has 2 atom stereocenters. The molecule has 2 heterocycles. The number of hydrogen-bond acceptors (Lipinski definition) is 4. The van der Waals surface area contributed by atoms with Crippen LogP contribution in [-0.4, -0.2) is 62.8 Å². The number of hydrogen-bond donors (Lipinski definition) is 2. The summed E-state index contributed by atoms with van der Waals surface area (Å²) in [5.41, 5.74) is 0. The molecule has 2 unspecified atom stereocenters. The Morgan fingerprint density at radius 1 is 1.53 bits per heavy atom. The van der Waals surface area contributed by atoms with Crippen LogP contribution >= 0.6 is 0 Å². The Kier molecular flexibility index (Phi) is 4.76. The van der Waals surface area contributed by atoms with Crippen LogP contribution in [0.2, 0.25) is 0 Å². The lowest BCUT2D eigenvalue weighted by molar-refractivity contribution is -0.134. The van der Waals surface area contributed by atoms with Crippen molar-refractivity contribution in [3.05, 3.63) is 0 Å². The van der Waals surface area contributed by atoms with Crippen molar-refractivity contribution in [3.8, 4) is 0 Å². The number of carbonyl (C=O) groups is 1. The van der Waals surface area contributed by atoms with Gasteiger partial charge in [0.15, 0.2) is 0 Å². The van der Waals surface area contributed by atoms with Gasteiger partial charge in [-0.2, -0.15) is 0 Å². The predicted octanol–water partition coefficient (Wildman–Crippen LogP) is -0.425. The third-order valence-electron chi connectivity index (χ3n) is 3.65. The minimum absolute atomic E-state index is 0.0242. The van der Waals surface area contributed by atoms with E-state index in [1.54, 1.807) is 0 Å². The van der Waals surface area contributed by atoms with Gasteiger partial charge >= 0.3 is 0 Å². The summed E-state index contributed by atoms with van der Waals surface area (Å²) in [6.07, 6.45) is 3.42. The van der Waals surface area contributed by atoms with Crippen molar-refractivity contribution >= 4 is 5.91 Å². The summed E-state index contributed by atoms with van der Waals surface area (Å²) in [6.45, 7) is 3.99. The van der Waals surface area contributed by atoms with E-state index >= 15 is 0 Å². The van der Waals surface area contributed by atoms with E-state index in [0.717, 1.165) is 19.6 Å². The molecule has 17 heavy (non-hydrogen) atoms. The maximum atomic E-state index is 11.9. The Morgan fingerprint density at radius 2 is 2.41 bits per heavy atom. The van der Waals surface area contributed by atoms with Crippen LogP contribution in [0.1, 0.15) is 19.3 Å². The Balaban J connectivity index is 1.71. The molecule has 2 fully saturated rings. The molecule has 0 aromatic carbocycles. The summed E-state index contributed by atoms with van der Waals surface area (Å²) in [6, 6.07) is 0.490. The zero-order valence-electron chi connectivity index (χ0n) is 10.6. The first-order chi connectivity index (χ1) is 8.27. The van der Waals surface area contributed by atoms with Crippen molar-refractivity contribution in [2.24, 2.45) is 0 Å². The molecule has 5 heteroatoms. The van der Waals surface area contributed by atoms with Gasteiger partial charge in [-0.05, 0) is 26.4 Å².